The van der Waals surface area contributed by atoms with Gasteiger partial charge in [0.15, 0.2) is 16.3 Å². The van der Waals surface area contributed by atoms with Gasteiger partial charge in [-0.3, -0.25) is 13.9 Å². The molecule has 0 amide bonds. The first-order valence-corrected chi connectivity index (χ1v) is 9.32. The van der Waals surface area contributed by atoms with Crippen LogP contribution in [0.15, 0.2) is 39.0 Å². The molecule has 9 heteroatoms. The number of rotatable bonds is 6. The van der Waals surface area contributed by atoms with Gasteiger partial charge in [-0.1, -0.05) is 35.5 Å². The van der Waals surface area contributed by atoms with E-state index >= 15 is 0 Å². The number of fused-ring (bicyclic) bond motifs is 1. The van der Waals surface area contributed by atoms with Gasteiger partial charge in [0.05, 0.1) is 13.2 Å². The lowest BCUT2D eigenvalue weighted by Gasteiger charge is -2.09. The van der Waals surface area contributed by atoms with Gasteiger partial charge < -0.3 is 9.30 Å². The van der Waals surface area contributed by atoms with E-state index in [2.05, 4.69) is 4.98 Å². The highest BCUT2D eigenvalue weighted by atomic mass is 35.5. The van der Waals surface area contributed by atoms with Gasteiger partial charge in [0, 0.05) is 32.0 Å². The number of methoxy groups -OCH3 is 1. The van der Waals surface area contributed by atoms with Crippen molar-refractivity contribution < 1.29 is 4.74 Å². The van der Waals surface area contributed by atoms with Gasteiger partial charge in [-0.15, -0.1) is 0 Å². The third-order valence-corrected chi connectivity index (χ3v) is 5.28. The Morgan fingerprint density at radius 3 is 2.50 bits per heavy atom. The predicted molar refractivity (Wildman–Crippen MR) is 103 cm³/mol. The highest BCUT2D eigenvalue weighted by Crippen LogP contribution is 2.23. The quantitative estimate of drug-likeness (QED) is 0.471. The summed E-state index contributed by atoms with van der Waals surface area (Å²) in [6.07, 6.45) is 0. The summed E-state index contributed by atoms with van der Waals surface area (Å²) in [5.41, 5.74) is 1.02. The molecule has 2 aromatic heterocycles. The molecular weight excluding hydrogens is 376 g/mol. The van der Waals surface area contributed by atoms with Crippen molar-refractivity contribution in [2.45, 2.75) is 11.7 Å². The molecule has 0 bridgehead atoms. The van der Waals surface area contributed by atoms with Crippen LogP contribution < -0.4 is 11.2 Å². The molecule has 0 spiro atoms. The molecular formula is C17H19ClN4O3S. The van der Waals surface area contributed by atoms with Crippen LogP contribution in [0.3, 0.4) is 0 Å². The van der Waals surface area contributed by atoms with Crippen molar-refractivity contribution in [1.82, 2.24) is 18.7 Å². The number of nitrogens with zero attached hydrogens (tertiary/aromatic N) is 4. The Morgan fingerprint density at radius 1 is 1.15 bits per heavy atom. The monoisotopic (exact) mass is 394 g/mol. The molecule has 0 saturated heterocycles. The number of benzene rings is 1. The van der Waals surface area contributed by atoms with Crippen LogP contribution in [0.5, 0.6) is 0 Å². The van der Waals surface area contributed by atoms with Gasteiger partial charge in [-0.25, -0.2) is 9.78 Å². The summed E-state index contributed by atoms with van der Waals surface area (Å²) < 4.78 is 9.45. The maximum absolute atomic E-state index is 12.7. The first kappa shape index (κ1) is 18.8. The molecule has 7 nitrogen and oxygen atoms in total. The van der Waals surface area contributed by atoms with Crippen molar-refractivity contribution in [1.29, 1.82) is 0 Å². The van der Waals surface area contributed by atoms with E-state index in [0.717, 1.165) is 10.1 Å². The fourth-order valence-electron chi connectivity index (χ4n) is 2.67. The Kier molecular flexibility index (Phi) is 5.55. The van der Waals surface area contributed by atoms with Crippen LogP contribution >= 0.6 is 23.4 Å². The third kappa shape index (κ3) is 3.44. The molecule has 0 aliphatic heterocycles. The van der Waals surface area contributed by atoms with Crippen molar-refractivity contribution in [2.24, 2.45) is 14.1 Å². The summed E-state index contributed by atoms with van der Waals surface area (Å²) in [6, 6.07) is 7.43. The zero-order valence-electron chi connectivity index (χ0n) is 14.7. The molecule has 0 N–H and O–H groups in total. The minimum absolute atomic E-state index is 0.358. The molecule has 0 fully saturated rings. The van der Waals surface area contributed by atoms with Gasteiger partial charge in [0.2, 0.25) is 0 Å². The van der Waals surface area contributed by atoms with Crippen molar-refractivity contribution in [3.8, 4) is 0 Å². The fourth-order valence-corrected chi connectivity index (χ4v) is 3.69. The summed E-state index contributed by atoms with van der Waals surface area (Å²) in [7, 11) is 4.73. The van der Waals surface area contributed by atoms with Gasteiger partial charge in [0.25, 0.3) is 5.56 Å². The van der Waals surface area contributed by atoms with E-state index in [1.807, 2.05) is 28.8 Å². The standard InChI is InChI=1S/C17H19ClN4O3S/c1-20-14-13(15(23)21(2)17(20)24)22(16(19-14)26-9-8-25-3)10-11-4-6-12(18)7-5-11/h4-7H,8-10H2,1-3H3. The maximum Gasteiger partial charge on any atom is 0.332 e. The average molecular weight is 395 g/mol. The second-order valence-corrected chi connectivity index (χ2v) is 7.32. The normalized spacial score (nSPS) is 11.4. The largest absolute Gasteiger partial charge is 0.384 e. The summed E-state index contributed by atoms with van der Waals surface area (Å²) in [6.45, 7) is 1.02. The van der Waals surface area contributed by atoms with Crippen molar-refractivity contribution >= 4 is 34.5 Å². The minimum atomic E-state index is -0.396. The van der Waals surface area contributed by atoms with Crippen LogP contribution in [0, 0.1) is 0 Å². The maximum atomic E-state index is 12.7. The van der Waals surface area contributed by atoms with E-state index in [-0.39, 0.29) is 5.56 Å². The second kappa shape index (κ2) is 7.69. The number of halogens is 1. The van der Waals surface area contributed by atoms with E-state index in [4.69, 9.17) is 16.3 Å². The first-order valence-electron chi connectivity index (χ1n) is 7.96. The Hall–Kier alpha value is -2.03. The van der Waals surface area contributed by atoms with Crippen LogP contribution in [0.4, 0.5) is 0 Å². The molecule has 0 atom stereocenters. The molecule has 26 heavy (non-hydrogen) atoms. The summed E-state index contributed by atoms with van der Waals surface area (Å²) in [4.78, 5) is 29.5. The van der Waals surface area contributed by atoms with Crippen LogP contribution in [-0.2, 0) is 25.4 Å². The molecule has 138 valence electrons. The molecule has 0 unspecified atom stereocenters. The smallest absolute Gasteiger partial charge is 0.332 e. The summed E-state index contributed by atoms with van der Waals surface area (Å²) in [5.74, 6) is 0.689. The lowest BCUT2D eigenvalue weighted by atomic mass is 10.2. The first-order chi connectivity index (χ1) is 12.4. The highest BCUT2D eigenvalue weighted by Gasteiger charge is 2.19. The molecule has 3 aromatic rings. The second-order valence-electron chi connectivity index (χ2n) is 5.83. The Bertz CT molecular complexity index is 1050. The Morgan fingerprint density at radius 2 is 1.85 bits per heavy atom. The van der Waals surface area contributed by atoms with Gasteiger partial charge in [0.1, 0.15) is 0 Å². The number of hydrogen-bond acceptors (Lipinski definition) is 5. The number of imidazole rings is 1. The minimum Gasteiger partial charge on any atom is -0.384 e. The highest BCUT2D eigenvalue weighted by molar-refractivity contribution is 7.99. The van der Waals surface area contributed by atoms with Gasteiger partial charge in [-0.05, 0) is 17.7 Å². The number of hydrogen-bond donors (Lipinski definition) is 0. The van der Waals surface area contributed by atoms with Crippen LogP contribution in [0.25, 0.3) is 11.2 Å². The molecule has 0 radical (unpaired) electrons. The average Bonchev–Trinajstić information content (AvgIpc) is 2.99. The molecule has 0 saturated carbocycles. The van der Waals surface area contributed by atoms with Crippen LogP contribution in [0.1, 0.15) is 5.56 Å². The summed E-state index contributed by atoms with van der Waals surface area (Å²) in [5, 5.41) is 1.32. The topological polar surface area (TPSA) is 71.1 Å². The number of thioether (sulfide) groups is 1. The Labute approximate surface area is 159 Å². The lowest BCUT2D eigenvalue weighted by molar-refractivity contribution is 0.218. The fraction of sp³-hybridized carbons (Fsp3) is 0.353. The van der Waals surface area contributed by atoms with Crippen molar-refractivity contribution in [3.63, 3.8) is 0 Å². The van der Waals surface area contributed by atoms with Crippen LogP contribution in [0.2, 0.25) is 5.02 Å². The number of aryl methyl sites for hydroxylation is 1. The molecule has 2 heterocycles. The Balaban J connectivity index is 2.19. The van der Waals surface area contributed by atoms with Crippen molar-refractivity contribution in [2.75, 3.05) is 19.5 Å². The lowest BCUT2D eigenvalue weighted by Crippen LogP contribution is -2.37. The van der Waals surface area contributed by atoms with E-state index in [9.17, 15) is 9.59 Å². The zero-order chi connectivity index (χ0) is 18.8. The van der Waals surface area contributed by atoms with Crippen LogP contribution in [-0.4, -0.2) is 38.2 Å². The van der Waals surface area contributed by atoms with E-state index in [1.54, 1.807) is 14.2 Å². The molecule has 0 aliphatic rings. The number of ether oxygens (including phenoxy) is 1. The SMILES string of the molecule is COCCSc1nc2c(c(=O)n(C)c(=O)n2C)n1Cc1ccc(Cl)cc1. The van der Waals surface area contributed by atoms with E-state index in [0.29, 0.717) is 40.2 Å². The van der Waals surface area contributed by atoms with E-state index < -0.39 is 5.69 Å². The predicted octanol–water partition coefficient (Wildman–Crippen LogP) is 1.87. The van der Waals surface area contributed by atoms with Crippen molar-refractivity contribution in [3.05, 3.63) is 55.7 Å². The molecule has 0 aliphatic carbocycles. The zero-order valence-corrected chi connectivity index (χ0v) is 16.3. The van der Waals surface area contributed by atoms with Gasteiger partial charge >= 0.3 is 5.69 Å². The third-order valence-electron chi connectivity index (χ3n) is 4.09. The molecule has 3 rings (SSSR count). The molecule has 1 aromatic carbocycles. The van der Waals surface area contributed by atoms with Gasteiger partial charge in [-0.2, -0.15) is 0 Å². The summed E-state index contributed by atoms with van der Waals surface area (Å²) >= 11 is 7.45. The van der Waals surface area contributed by atoms with E-state index in [1.165, 1.54) is 23.4 Å². The number of aromatic nitrogens is 4.